The first-order valence-electron chi connectivity index (χ1n) is 5.69. The number of hydrogen-bond acceptors (Lipinski definition) is 2. The standard InChI is InChI=1S/C11H17N3/c1-2-10(8-12-6-1)14-11(5-7-13-14)9-3-4-9/h5,7,9-10,12H,1-4,6,8H2. The molecule has 0 aromatic carbocycles. The second-order valence-electron chi connectivity index (χ2n) is 4.48. The van der Waals surface area contributed by atoms with E-state index in [1.807, 2.05) is 6.20 Å². The third-order valence-electron chi connectivity index (χ3n) is 3.31. The molecule has 1 unspecified atom stereocenters. The van der Waals surface area contributed by atoms with E-state index in [9.17, 15) is 0 Å². The zero-order valence-corrected chi connectivity index (χ0v) is 8.45. The molecular formula is C11H17N3. The molecule has 1 N–H and O–H groups in total. The van der Waals surface area contributed by atoms with Crippen LogP contribution in [-0.2, 0) is 0 Å². The largest absolute Gasteiger partial charge is 0.315 e. The molecule has 1 atom stereocenters. The predicted molar refractivity (Wildman–Crippen MR) is 55.3 cm³/mol. The van der Waals surface area contributed by atoms with Crippen LogP contribution in [0.15, 0.2) is 12.3 Å². The highest BCUT2D eigenvalue weighted by Gasteiger charge is 2.29. The highest BCUT2D eigenvalue weighted by atomic mass is 15.3. The summed E-state index contributed by atoms with van der Waals surface area (Å²) >= 11 is 0. The Morgan fingerprint density at radius 1 is 1.36 bits per heavy atom. The van der Waals surface area contributed by atoms with Crippen LogP contribution >= 0.6 is 0 Å². The van der Waals surface area contributed by atoms with Crippen molar-refractivity contribution in [2.45, 2.75) is 37.6 Å². The SMILES string of the molecule is c1cc(C2CC2)n(C2CCCNC2)n1. The summed E-state index contributed by atoms with van der Waals surface area (Å²) in [5.41, 5.74) is 1.47. The molecule has 1 saturated heterocycles. The number of piperidine rings is 1. The van der Waals surface area contributed by atoms with Crippen molar-refractivity contribution in [2.75, 3.05) is 13.1 Å². The molecule has 0 amide bonds. The van der Waals surface area contributed by atoms with Crippen molar-refractivity contribution in [2.24, 2.45) is 0 Å². The molecule has 14 heavy (non-hydrogen) atoms. The quantitative estimate of drug-likeness (QED) is 0.771. The van der Waals surface area contributed by atoms with Crippen molar-refractivity contribution < 1.29 is 0 Å². The molecule has 1 aromatic heterocycles. The zero-order chi connectivity index (χ0) is 9.38. The van der Waals surface area contributed by atoms with Gasteiger partial charge in [-0.25, -0.2) is 0 Å². The predicted octanol–water partition coefficient (Wildman–Crippen LogP) is 1.68. The fraction of sp³-hybridized carbons (Fsp3) is 0.727. The second kappa shape index (κ2) is 3.39. The summed E-state index contributed by atoms with van der Waals surface area (Å²) in [5, 5.41) is 7.93. The summed E-state index contributed by atoms with van der Waals surface area (Å²) < 4.78 is 2.27. The summed E-state index contributed by atoms with van der Waals surface area (Å²) in [6, 6.07) is 2.81. The minimum Gasteiger partial charge on any atom is -0.315 e. The molecule has 1 aromatic rings. The zero-order valence-electron chi connectivity index (χ0n) is 8.45. The molecule has 3 rings (SSSR count). The topological polar surface area (TPSA) is 29.9 Å². The smallest absolute Gasteiger partial charge is 0.0647 e. The molecule has 2 aliphatic rings. The van der Waals surface area contributed by atoms with E-state index in [0.29, 0.717) is 6.04 Å². The second-order valence-corrected chi connectivity index (χ2v) is 4.48. The molecule has 1 aliphatic carbocycles. The Morgan fingerprint density at radius 3 is 3.00 bits per heavy atom. The Labute approximate surface area is 84.5 Å². The van der Waals surface area contributed by atoms with Crippen LogP contribution in [0.25, 0.3) is 0 Å². The first kappa shape index (κ1) is 8.48. The first-order valence-corrected chi connectivity index (χ1v) is 5.69. The van der Waals surface area contributed by atoms with E-state index >= 15 is 0 Å². The fourth-order valence-corrected chi connectivity index (χ4v) is 2.37. The molecule has 0 bridgehead atoms. The van der Waals surface area contributed by atoms with E-state index in [2.05, 4.69) is 21.2 Å². The van der Waals surface area contributed by atoms with Crippen LogP contribution in [-0.4, -0.2) is 22.9 Å². The van der Waals surface area contributed by atoms with E-state index in [1.165, 1.54) is 37.9 Å². The summed E-state index contributed by atoms with van der Waals surface area (Å²) in [5.74, 6) is 0.819. The van der Waals surface area contributed by atoms with Crippen molar-refractivity contribution >= 4 is 0 Å². The van der Waals surface area contributed by atoms with Gasteiger partial charge in [-0.05, 0) is 38.3 Å². The van der Waals surface area contributed by atoms with Gasteiger partial charge in [0.1, 0.15) is 0 Å². The number of rotatable bonds is 2. The molecule has 0 radical (unpaired) electrons. The Hall–Kier alpha value is -0.830. The van der Waals surface area contributed by atoms with Crippen LogP contribution in [0.1, 0.15) is 43.3 Å². The maximum atomic E-state index is 4.48. The van der Waals surface area contributed by atoms with E-state index < -0.39 is 0 Å². The lowest BCUT2D eigenvalue weighted by Crippen LogP contribution is -2.32. The van der Waals surface area contributed by atoms with Crippen LogP contribution < -0.4 is 5.32 Å². The van der Waals surface area contributed by atoms with Crippen molar-refractivity contribution in [3.05, 3.63) is 18.0 Å². The molecule has 3 heteroatoms. The average molecular weight is 191 g/mol. The van der Waals surface area contributed by atoms with Gasteiger partial charge in [0, 0.05) is 24.4 Å². The van der Waals surface area contributed by atoms with E-state index in [-0.39, 0.29) is 0 Å². The van der Waals surface area contributed by atoms with Gasteiger partial charge in [-0.3, -0.25) is 4.68 Å². The van der Waals surface area contributed by atoms with Gasteiger partial charge in [0.05, 0.1) is 6.04 Å². The van der Waals surface area contributed by atoms with Gasteiger partial charge < -0.3 is 5.32 Å². The van der Waals surface area contributed by atoms with E-state index in [0.717, 1.165) is 12.5 Å². The lowest BCUT2D eigenvalue weighted by atomic mass is 10.1. The Morgan fingerprint density at radius 2 is 2.29 bits per heavy atom. The maximum absolute atomic E-state index is 4.48. The van der Waals surface area contributed by atoms with Gasteiger partial charge in [-0.1, -0.05) is 0 Å². The average Bonchev–Trinajstić information content (AvgIpc) is 2.98. The monoisotopic (exact) mass is 191 g/mol. The Bertz CT molecular complexity index is 308. The van der Waals surface area contributed by atoms with Gasteiger partial charge in [0.2, 0.25) is 0 Å². The molecule has 0 spiro atoms. The van der Waals surface area contributed by atoms with Crippen molar-refractivity contribution in [3.63, 3.8) is 0 Å². The van der Waals surface area contributed by atoms with Crippen LogP contribution in [0.5, 0.6) is 0 Å². The van der Waals surface area contributed by atoms with E-state index in [4.69, 9.17) is 0 Å². The molecule has 3 nitrogen and oxygen atoms in total. The number of hydrogen-bond donors (Lipinski definition) is 1. The lowest BCUT2D eigenvalue weighted by molar-refractivity contribution is 0.339. The number of nitrogens with one attached hydrogen (secondary N) is 1. The van der Waals surface area contributed by atoms with Gasteiger partial charge >= 0.3 is 0 Å². The summed E-state index contributed by atoms with van der Waals surface area (Å²) in [6.45, 7) is 2.28. The minimum atomic E-state index is 0.606. The number of aromatic nitrogens is 2. The van der Waals surface area contributed by atoms with Crippen molar-refractivity contribution in [1.29, 1.82) is 0 Å². The van der Waals surface area contributed by atoms with Gasteiger partial charge in [-0.2, -0.15) is 5.10 Å². The third kappa shape index (κ3) is 1.46. The Balaban J connectivity index is 1.82. The summed E-state index contributed by atoms with van der Waals surface area (Å²) in [6.07, 6.45) is 7.27. The molecular weight excluding hydrogens is 174 g/mol. The highest BCUT2D eigenvalue weighted by molar-refractivity contribution is 5.14. The summed E-state index contributed by atoms with van der Waals surface area (Å²) in [4.78, 5) is 0. The first-order chi connectivity index (χ1) is 6.95. The van der Waals surface area contributed by atoms with Gasteiger partial charge in [0.15, 0.2) is 0 Å². The number of nitrogens with zero attached hydrogens (tertiary/aromatic N) is 2. The van der Waals surface area contributed by atoms with E-state index in [1.54, 1.807) is 0 Å². The lowest BCUT2D eigenvalue weighted by Gasteiger charge is -2.24. The molecule has 2 fully saturated rings. The molecule has 1 aliphatic heterocycles. The maximum Gasteiger partial charge on any atom is 0.0647 e. The van der Waals surface area contributed by atoms with Crippen molar-refractivity contribution in [1.82, 2.24) is 15.1 Å². The highest BCUT2D eigenvalue weighted by Crippen LogP contribution is 2.40. The van der Waals surface area contributed by atoms with Gasteiger partial charge in [0.25, 0.3) is 0 Å². The fourth-order valence-electron chi connectivity index (χ4n) is 2.37. The van der Waals surface area contributed by atoms with Gasteiger partial charge in [-0.15, -0.1) is 0 Å². The molecule has 1 saturated carbocycles. The van der Waals surface area contributed by atoms with Crippen LogP contribution in [0, 0.1) is 0 Å². The van der Waals surface area contributed by atoms with Crippen LogP contribution in [0.3, 0.4) is 0 Å². The molecule has 76 valence electrons. The molecule has 2 heterocycles. The van der Waals surface area contributed by atoms with Crippen molar-refractivity contribution in [3.8, 4) is 0 Å². The van der Waals surface area contributed by atoms with Crippen LogP contribution in [0.2, 0.25) is 0 Å². The summed E-state index contributed by atoms with van der Waals surface area (Å²) in [7, 11) is 0. The van der Waals surface area contributed by atoms with Crippen LogP contribution in [0.4, 0.5) is 0 Å². The normalized spacial score (nSPS) is 27.9. The third-order valence-corrected chi connectivity index (χ3v) is 3.31. The minimum absolute atomic E-state index is 0.606. The Kier molecular flexibility index (Phi) is 2.05.